The first-order valence-electron chi connectivity index (χ1n) is 10.8. The van der Waals surface area contributed by atoms with Gasteiger partial charge in [0.2, 0.25) is 0 Å². The van der Waals surface area contributed by atoms with Crippen LogP contribution in [0, 0.1) is 5.92 Å². The van der Waals surface area contributed by atoms with Gasteiger partial charge >= 0.3 is 0 Å². The van der Waals surface area contributed by atoms with Crippen molar-refractivity contribution >= 4 is 11.6 Å². The van der Waals surface area contributed by atoms with Crippen molar-refractivity contribution in [1.29, 1.82) is 0 Å². The normalized spacial score (nSPS) is 33.8. The molecular formula is C27H27ClN+. The lowest BCUT2D eigenvalue weighted by Crippen LogP contribution is -2.99. The van der Waals surface area contributed by atoms with E-state index in [9.17, 15) is 0 Å². The van der Waals surface area contributed by atoms with E-state index in [1.54, 1.807) is 5.56 Å². The van der Waals surface area contributed by atoms with Gasteiger partial charge in [-0.2, -0.15) is 0 Å². The summed E-state index contributed by atoms with van der Waals surface area (Å²) in [5, 5.41) is 3.56. The quantitative estimate of drug-likeness (QED) is 0.601. The summed E-state index contributed by atoms with van der Waals surface area (Å²) in [4.78, 5) is 0. The minimum Gasteiger partial charge on any atom is -0.326 e. The first-order chi connectivity index (χ1) is 14.0. The molecule has 3 aromatic carbocycles. The van der Waals surface area contributed by atoms with Crippen LogP contribution in [0.3, 0.4) is 0 Å². The van der Waals surface area contributed by atoms with Crippen LogP contribution in [0.25, 0.3) is 0 Å². The zero-order valence-electron chi connectivity index (χ0n) is 17.1. The molecule has 1 nitrogen and oxygen atoms in total. The molecule has 2 aliphatic heterocycles. The molecular weight excluding hydrogens is 374 g/mol. The van der Waals surface area contributed by atoms with E-state index in [0.29, 0.717) is 5.92 Å². The van der Waals surface area contributed by atoms with Crippen molar-refractivity contribution < 1.29 is 5.32 Å². The molecule has 2 bridgehead atoms. The van der Waals surface area contributed by atoms with Crippen molar-refractivity contribution in [1.82, 2.24) is 0 Å². The smallest absolute Gasteiger partial charge is 0.146 e. The Hall–Kier alpha value is -2.09. The van der Waals surface area contributed by atoms with Gasteiger partial charge in [0.15, 0.2) is 0 Å². The van der Waals surface area contributed by atoms with Crippen LogP contribution in [0.15, 0.2) is 72.8 Å². The first-order valence-corrected chi connectivity index (χ1v) is 11.1. The molecule has 3 aromatic rings. The molecule has 3 aliphatic rings. The van der Waals surface area contributed by atoms with Gasteiger partial charge in [0.25, 0.3) is 0 Å². The Morgan fingerprint density at radius 1 is 0.793 bits per heavy atom. The molecule has 0 saturated heterocycles. The van der Waals surface area contributed by atoms with E-state index < -0.39 is 0 Å². The van der Waals surface area contributed by atoms with Gasteiger partial charge in [-0.15, -0.1) is 0 Å². The highest BCUT2D eigenvalue weighted by Crippen LogP contribution is 2.64. The largest absolute Gasteiger partial charge is 0.326 e. The van der Waals surface area contributed by atoms with E-state index in [4.69, 9.17) is 11.6 Å². The summed E-state index contributed by atoms with van der Waals surface area (Å²) >= 11 is 6.62. The molecule has 0 aromatic heterocycles. The molecule has 4 unspecified atom stereocenters. The van der Waals surface area contributed by atoms with Crippen molar-refractivity contribution in [2.45, 2.75) is 49.6 Å². The van der Waals surface area contributed by atoms with Gasteiger partial charge in [-0.05, 0) is 49.8 Å². The van der Waals surface area contributed by atoms with Crippen LogP contribution in [0.2, 0.25) is 5.02 Å². The van der Waals surface area contributed by atoms with Gasteiger partial charge in [-0.1, -0.05) is 78.3 Å². The highest BCUT2D eigenvalue weighted by Gasteiger charge is 2.65. The number of quaternary nitrogens is 1. The van der Waals surface area contributed by atoms with E-state index >= 15 is 0 Å². The second-order valence-electron chi connectivity index (χ2n) is 9.88. The number of nitrogens with two attached hydrogens (primary N) is 1. The lowest BCUT2D eigenvalue weighted by atomic mass is 9.75. The lowest BCUT2D eigenvalue weighted by Gasteiger charge is -2.36. The van der Waals surface area contributed by atoms with Crippen LogP contribution in [-0.4, -0.2) is 0 Å². The molecule has 2 heterocycles. The van der Waals surface area contributed by atoms with Crippen LogP contribution in [0.5, 0.6) is 0 Å². The van der Waals surface area contributed by atoms with E-state index in [1.165, 1.54) is 35.1 Å². The number of halogens is 1. The van der Waals surface area contributed by atoms with E-state index in [-0.39, 0.29) is 16.5 Å². The summed E-state index contributed by atoms with van der Waals surface area (Å²) in [6.45, 7) is 4.89. The number of hydrogen-bond acceptors (Lipinski definition) is 0. The zero-order chi connectivity index (χ0) is 19.9. The van der Waals surface area contributed by atoms with Gasteiger partial charge < -0.3 is 5.32 Å². The highest BCUT2D eigenvalue weighted by atomic mass is 35.5. The van der Waals surface area contributed by atoms with Crippen molar-refractivity contribution in [3.05, 3.63) is 106 Å². The molecule has 1 fully saturated rings. The third kappa shape index (κ3) is 2.32. The molecule has 0 spiro atoms. The fraction of sp³-hybridized carbons (Fsp3) is 0.333. The molecule has 1 aliphatic carbocycles. The maximum atomic E-state index is 6.62. The molecule has 6 rings (SSSR count). The number of rotatable bonds is 2. The predicted octanol–water partition coefficient (Wildman–Crippen LogP) is 5.30. The Balaban J connectivity index is 1.58. The van der Waals surface area contributed by atoms with E-state index in [2.05, 4.69) is 79.8 Å². The Labute approximate surface area is 178 Å². The first kappa shape index (κ1) is 17.7. The predicted molar refractivity (Wildman–Crippen MR) is 118 cm³/mol. The summed E-state index contributed by atoms with van der Waals surface area (Å²) in [5.41, 5.74) is 7.64. The summed E-state index contributed by atoms with van der Waals surface area (Å²) in [6.07, 6.45) is 3.52. The molecule has 2 N–H and O–H groups in total. The molecule has 0 amide bonds. The van der Waals surface area contributed by atoms with Crippen molar-refractivity contribution in [2.24, 2.45) is 5.92 Å². The summed E-state index contributed by atoms with van der Waals surface area (Å²) < 4.78 is 0. The van der Waals surface area contributed by atoms with E-state index in [0.717, 1.165) is 11.4 Å². The van der Waals surface area contributed by atoms with Crippen LogP contribution < -0.4 is 5.32 Å². The van der Waals surface area contributed by atoms with Crippen LogP contribution in [0.4, 0.5) is 0 Å². The number of hydrogen-bond donors (Lipinski definition) is 1. The third-order valence-corrected chi connectivity index (χ3v) is 8.47. The zero-order valence-corrected chi connectivity index (χ0v) is 17.8. The Kier molecular flexibility index (Phi) is 3.51. The monoisotopic (exact) mass is 400 g/mol. The Bertz CT molecular complexity index is 1140. The van der Waals surface area contributed by atoms with E-state index in [1.807, 2.05) is 12.1 Å². The third-order valence-electron chi connectivity index (χ3n) is 8.10. The molecule has 2 heteroatoms. The summed E-state index contributed by atoms with van der Waals surface area (Å²) in [5.74, 6) is 0.692. The van der Waals surface area contributed by atoms with Crippen molar-refractivity contribution in [2.75, 3.05) is 0 Å². The molecule has 1 saturated carbocycles. The standard InChI is InChI=1S/C27H26ClN/c1-25-16-19-17-27(19,15-18-9-3-8-14-24(18)28)23-13-7-6-12-22(23)26(2,29-25)21-11-5-4-10-20(21)25/h3-14,19,29H,15-17H2,1-2H3/p+1. The average molecular weight is 401 g/mol. The molecule has 4 atom stereocenters. The summed E-state index contributed by atoms with van der Waals surface area (Å²) in [7, 11) is 0. The van der Waals surface area contributed by atoms with Crippen molar-refractivity contribution in [3.63, 3.8) is 0 Å². The second-order valence-corrected chi connectivity index (χ2v) is 10.3. The van der Waals surface area contributed by atoms with Crippen LogP contribution in [0.1, 0.15) is 54.5 Å². The van der Waals surface area contributed by atoms with Gasteiger partial charge in [-0.3, -0.25) is 0 Å². The van der Waals surface area contributed by atoms with Crippen LogP contribution in [-0.2, 0) is 22.9 Å². The molecule has 0 radical (unpaired) electrons. The Morgan fingerprint density at radius 2 is 1.38 bits per heavy atom. The van der Waals surface area contributed by atoms with Crippen molar-refractivity contribution in [3.8, 4) is 0 Å². The number of fused-ring (bicyclic) bond motifs is 9. The molecule has 146 valence electrons. The minimum absolute atomic E-state index is 0.0387. The van der Waals surface area contributed by atoms with Gasteiger partial charge in [0.05, 0.1) is 0 Å². The molecule has 29 heavy (non-hydrogen) atoms. The topological polar surface area (TPSA) is 16.6 Å². The second kappa shape index (κ2) is 5.74. The maximum absolute atomic E-state index is 6.62. The lowest BCUT2D eigenvalue weighted by molar-refractivity contribution is -0.783. The average Bonchev–Trinajstić information content (AvgIpc) is 3.34. The highest BCUT2D eigenvalue weighted by molar-refractivity contribution is 6.31. The maximum Gasteiger partial charge on any atom is 0.146 e. The summed E-state index contributed by atoms with van der Waals surface area (Å²) in [6, 6.07) is 26.8. The van der Waals surface area contributed by atoms with Gasteiger partial charge in [0, 0.05) is 33.5 Å². The van der Waals surface area contributed by atoms with Gasteiger partial charge in [0.1, 0.15) is 11.1 Å². The SMILES string of the molecule is CC12CC3CC3(Cc3ccccc3Cl)c3ccccc3C(C)([NH2+]1)c1ccccc12. The Morgan fingerprint density at radius 3 is 2.10 bits per heavy atom. The van der Waals surface area contributed by atoms with Gasteiger partial charge in [-0.25, -0.2) is 0 Å². The number of benzene rings is 3. The minimum atomic E-state index is -0.0387. The fourth-order valence-corrected chi connectivity index (χ4v) is 6.97. The fourth-order valence-electron chi connectivity index (χ4n) is 6.77. The van der Waals surface area contributed by atoms with Crippen LogP contribution >= 0.6 is 11.6 Å².